The molecule has 0 aromatic heterocycles. The smallest absolute Gasteiger partial charge is 0.267 e. The van der Waals surface area contributed by atoms with Gasteiger partial charge in [-0.15, -0.1) is 0 Å². The van der Waals surface area contributed by atoms with Crippen molar-refractivity contribution in [2.75, 3.05) is 12.3 Å². The third kappa shape index (κ3) is 1.35. The van der Waals surface area contributed by atoms with Crippen LogP contribution in [0.1, 0.15) is 6.42 Å². The maximum Gasteiger partial charge on any atom is 0.267 e. The maximum absolute atomic E-state index is 11.6. The molecule has 2 aliphatic rings. The molecule has 1 saturated heterocycles. The van der Waals surface area contributed by atoms with Crippen LogP contribution in [0.2, 0.25) is 0 Å². The lowest BCUT2D eigenvalue weighted by Gasteiger charge is -2.31. The van der Waals surface area contributed by atoms with Gasteiger partial charge < -0.3 is 4.79 Å². The zero-order valence-electron chi connectivity index (χ0n) is 7.30. The van der Waals surface area contributed by atoms with E-state index in [1.807, 2.05) is 0 Å². The number of amides is 2. The molecule has 2 heterocycles. The number of nitrogens with zero attached hydrogens (tertiary/aromatic N) is 2. The first-order valence-electron chi connectivity index (χ1n) is 4.26. The van der Waals surface area contributed by atoms with Crippen molar-refractivity contribution in [3.05, 3.63) is 0 Å². The van der Waals surface area contributed by atoms with Crippen LogP contribution in [-0.4, -0.2) is 40.5 Å². The van der Waals surface area contributed by atoms with Crippen LogP contribution in [-0.2, 0) is 14.4 Å². The zero-order valence-corrected chi connectivity index (χ0v) is 8.12. The summed E-state index contributed by atoms with van der Waals surface area (Å²) in [4.78, 5) is 38.4. The minimum absolute atomic E-state index is 0.365. The van der Waals surface area contributed by atoms with Gasteiger partial charge in [-0.1, -0.05) is 11.8 Å². The Hall–Kier alpha value is -1.17. The molecule has 0 aliphatic carbocycles. The predicted molar refractivity (Wildman–Crippen MR) is 50.8 cm³/mol. The summed E-state index contributed by atoms with van der Waals surface area (Å²) >= 11 is 1.39. The summed E-state index contributed by atoms with van der Waals surface area (Å²) in [6.45, 7) is 0.558. The highest BCUT2D eigenvalue weighted by Crippen LogP contribution is 2.23. The molecule has 1 unspecified atom stereocenters. The highest BCUT2D eigenvalue weighted by Gasteiger charge is 2.38. The first-order valence-corrected chi connectivity index (χ1v) is 5.24. The molecule has 0 aromatic carbocycles. The molecule has 2 aliphatic heterocycles. The average molecular weight is 212 g/mol. The van der Waals surface area contributed by atoms with Gasteiger partial charge in [0.15, 0.2) is 11.1 Å². The van der Waals surface area contributed by atoms with Crippen molar-refractivity contribution in [3.63, 3.8) is 0 Å². The third-order valence-corrected chi connectivity index (χ3v) is 3.19. The number of aldehydes is 1. The van der Waals surface area contributed by atoms with E-state index >= 15 is 0 Å². The van der Waals surface area contributed by atoms with Gasteiger partial charge in [0.2, 0.25) is 5.91 Å². The SMILES string of the molecule is O=CC1C(=O)N=C2SCCCN2C1=O. The van der Waals surface area contributed by atoms with E-state index in [2.05, 4.69) is 4.99 Å². The molecule has 5 nitrogen and oxygen atoms in total. The van der Waals surface area contributed by atoms with Crippen LogP contribution in [0.15, 0.2) is 4.99 Å². The third-order valence-electron chi connectivity index (χ3n) is 2.13. The second kappa shape index (κ2) is 3.53. The average Bonchev–Trinajstić information content (AvgIpc) is 2.18. The summed E-state index contributed by atoms with van der Waals surface area (Å²) in [6, 6.07) is 0. The van der Waals surface area contributed by atoms with Gasteiger partial charge in [-0.25, -0.2) is 0 Å². The van der Waals surface area contributed by atoms with E-state index in [0.717, 1.165) is 12.2 Å². The van der Waals surface area contributed by atoms with Crippen LogP contribution in [0.3, 0.4) is 0 Å². The fourth-order valence-electron chi connectivity index (χ4n) is 1.41. The Bertz CT molecular complexity index is 339. The molecule has 0 saturated carbocycles. The molecule has 0 radical (unpaired) electrons. The Kier molecular flexibility index (Phi) is 2.37. The van der Waals surface area contributed by atoms with Crippen LogP contribution in [0.5, 0.6) is 0 Å². The van der Waals surface area contributed by atoms with Gasteiger partial charge in [0.05, 0.1) is 0 Å². The van der Waals surface area contributed by atoms with Gasteiger partial charge in [-0.3, -0.25) is 14.5 Å². The summed E-state index contributed by atoms with van der Waals surface area (Å²) < 4.78 is 0. The highest BCUT2D eigenvalue weighted by atomic mass is 32.2. The Labute approximate surface area is 84.5 Å². The van der Waals surface area contributed by atoms with E-state index in [-0.39, 0.29) is 0 Å². The van der Waals surface area contributed by atoms with Gasteiger partial charge in [0, 0.05) is 12.3 Å². The first kappa shape index (κ1) is 9.39. The van der Waals surface area contributed by atoms with Gasteiger partial charge in [-0.2, -0.15) is 4.99 Å². The zero-order chi connectivity index (χ0) is 10.1. The highest BCUT2D eigenvalue weighted by molar-refractivity contribution is 8.13. The van der Waals surface area contributed by atoms with E-state index in [1.54, 1.807) is 0 Å². The molecule has 1 atom stereocenters. The number of aliphatic imine (C=N–C) groups is 1. The number of thioether (sulfide) groups is 1. The summed E-state index contributed by atoms with van der Waals surface area (Å²) in [7, 11) is 0. The minimum Gasteiger partial charge on any atom is -0.302 e. The second-order valence-electron chi connectivity index (χ2n) is 3.04. The predicted octanol–water partition coefficient (Wildman–Crippen LogP) is -0.337. The van der Waals surface area contributed by atoms with Crippen LogP contribution < -0.4 is 0 Å². The lowest BCUT2D eigenvalue weighted by Crippen LogP contribution is -2.49. The molecule has 1 fully saturated rings. The van der Waals surface area contributed by atoms with Crippen molar-refractivity contribution in [2.24, 2.45) is 10.9 Å². The van der Waals surface area contributed by atoms with Crippen LogP contribution in [0.4, 0.5) is 0 Å². The van der Waals surface area contributed by atoms with Crippen LogP contribution in [0, 0.1) is 5.92 Å². The normalized spacial score (nSPS) is 27.0. The van der Waals surface area contributed by atoms with Gasteiger partial charge >= 0.3 is 0 Å². The van der Waals surface area contributed by atoms with E-state index in [9.17, 15) is 14.4 Å². The molecule has 0 bridgehead atoms. The quantitative estimate of drug-likeness (QED) is 0.440. The second-order valence-corrected chi connectivity index (χ2v) is 4.10. The van der Waals surface area contributed by atoms with Crippen LogP contribution in [0.25, 0.3) is 0 Å². The topological polar surface area (TPSA) is 66.8 Å². The summed E-state index contributed by atoms with van der Waals surface area (Å²) in [6.07, 6.45) is 1.24. The Morgan fingerprint density at radius 1 is 1.50 bits per heavy atom. The fourth-order valence-corrected chi connectivity index (χ4v) is 2.36. The molecule has 74 valence electrons. The lowest BCUT2D eigenvalue weighted by atomic mass is 10.1. The molecule has 14 heavy (non-hydrogen) atoms. The Balaban J connectivity index is 2.34. The first-order chi connectivity index (χ1) is 6.74. The minimum atomic E-state index is -1.21. The van der Waals surface area contributed by atoms with Crippen molar-refractivity contribution in [1.82, 2.24) is 4.90 Å². The van der Waals surface area contributed by atoms with E-state index in [1.165, 1.54) is 16.7 Å². The van der Waals surface area contributed by atoms with E-state index in [4.69, 9.17) is 0 Å². The number of carbonyl (C=O) groups is 3. The van der Waals surface area contributed by atoms with E-state index in [0.29, 0.717) is 18.0 Å². The van der Waals surface area contributed by atoms with Gasteiger partial charge in [0.1, 0.15) is 6.29 Å². The van der Waals surface area contributed by atoms with Crippen LogP contribution >= 0.6 is 11.8 Å². The number of amidine groups is 1. The molecule has 2 amide bonds. The standard InChI is InChI=1S/C8H8N2O3S/c11-4-5-6(12)9-8-10(7(5)13)2-1-3-14-8/h4-5H,1-3H2. The maximum atomic E-state index is 11.6. The Morgan fingerprint density at radius 3 is 3.00 bits per heavy atom. The number of carbonyl (C=O) groups excluding carboxylic acids is 3. The molecule has 6 heteroatoms. The van der Waals surface area contributed by atoms with Crippen molar-refractivity contribution in [3.8, 4) is 0 Å². The molecular formula is C8H8N2O3S. The van der Waals surface area contributed by atoms with Crippen molar-refractivity contribution >= 4 is 35.0 Å². The summed E-state index contributed by atoms with van der Waals surface area (Å²) in [5, 5.41) is 0.448. The molecule has 0 N–H and O–H groups in total. The van der Waals surface area contributed by atoms with Crippen molar-refractivity contribution < 1.29 is 14.4 Å². The largest absolute Gasteiger partial charge is 0.302 e. The monoisotopic (exact) mass is 212 g/mol. The van der Waals surface area contributed by atoms with Crippen molar-refractivity contribution in [2.45, 2.75) is 6.42 Å². The Morgan fingerprint density at radius 2 is 2.29 bits per heavy atom. The number of hydrogen-bond acceptors (Lipinski definition) is 4. The van der Waals surface area contributed by atoms with Gasteiger partial charge in [0.25, 0.3) is 5.91 Å². The van der Waals surface area contributed by atoms with Gasteiger partial charge in [-0.05, 0) is 6.42 Å². The molecule has 0 aromatic rings. The summed E-state index contributed by atoms with van der Waals surface area (Å²) in [5.74, 6) is -1.41. The number of rotatable bonds is 1. The fraction of sp³-hybridized carbons (Fsp3) is 0.500. The summed E-state index contributed by atoms with van der Waals surface area (Å²) in [5.41, 5.74) is 0. The number of fused-ring (bicyclic) bond motifs is 1. The molecule has 2 rings (SSSR count). The number of hydrogen-bond donors (Lipinski definition) is 0. The lowest BCUT2D eigenvalue weighted by molar-refractivity contribution is -0.141. The molecular weight excluding hydrogens is 204 g/mol. The molecule has 0 spiro atoms. The van der Waals surface area contributed by atoms with Crippen molar-refractivity contribution in [1.29, 1.82) is 0 Å². The van der Waals surface area contributed by atoms with E-state index < -0.39 is 17.7 Å².